The van der Waals surface area contributed by atoms with Crippen LogP contribution in [-0.2, 0) is 24.2 Å². The molecule has 3 aliphatic rings. The molecule has 0 fully saturated rings. The lowest BCUT2D eigenvalue weighted by Crippen LogP contribution is -2.30. The van der Waals surface area contributed by atoms with Crippen LogP contribution in [0.2, 0.25) is 0 Å². The first-order valence-corrected chi connectivity index (χ1v) is 15.3. The van der Waals surface area contributed by atoms with E-state index >= 15 is 0 Å². The number of carbonyl (C=O) groups is 1. The maximum atomic E-state index is 13.1. The Morgan fingerprint density at radius 3 is 2.58 bits per heavy atom. The zero-order valence-electron chi connectivity index (χ0n) is 25.6. The predicted octanol–water partition coefficient (Wildman–Crippen LogP) is 7.85. The number of pyridine rings is 1. The van der Waals surface area contributed by atoms with E-state index in [1.54, 1.807) is 18.3 Å². The molecule has 3 aromatic rings. The van der Waals surface area contributed by atoms with E-state index in [9.17, 15) is 18.0 Å². The van der Waals surface area contributed by atoms with Gasteiger partial charge in [-0.15, -0.1) is 0 Å². The number of hydrogen-bond donors (Lipinski definition) is 2. The quantitative estimate of drug-likeness (QED) is 0.285. The summed E-state index contributed by atoms with van der Waals surface area (Å²) in [4.78, 5) is 21.1. The molecule has 0 spiro atoms. The lowest BCUT2D eigenvalue weighted by Gasteiger charge is -2.36. The molecular formula is C36H36F3N5O. The number of carbonyl (C=O) groups excluding carboxylic acids is 1. The van der Waals surface area contributed by atoms with E-state index in [2.05, 4.69) is 66.5 Å². The van der Waals surface area contributed by atoms with E-state index in [0.29, 0.717) is 13.0 Å². The third-order valence-electron chi connectivity index (χ3n) is 8.61. The van der Waals surface area contributed by atoms with Gasteiger partial charge in [-0.1, -0.05) is 38.1 Å². The van der Waals surface area contributed by atoms with Crippen LogP contribution in [-0.4, -0.2) is 47.0 Å². The Kier molecular flexibility index (Phi) is 8.38. The lowest BCUT2D eigenvalue weighted by atomic mass is 9.81. The maximum Gasteiger partial charge on any atom is 0.471 e. The summed E-state index contributed by atoms with van der Waals surface area (Å²) in [6, 6.07) is 15.2. The van der Waals surface area contributed by atoms with Gasteiger partial charge in [0.05, 0.1) is 0 Å². The number of hydrogen-bond acceptors (Lipinski definition) is 5. The monoisotopic (exact) mass is 611 g/mol. The Morgan fingerprint density at radius 1 is 0.956 bits per heavy atom. The van der Waals surface area contributed by atoms with Gasteiger partial charge in [-0.05, 0) is 102 Å². The van der Waals surface area contributed by atoms with Gasteiger partial charge in [0, 0.05) is 60.2 Å². The number of anilines is 3. The van der Waals surface area contributed by atoms with Crippen molar-refractivity contribution in [1.29, 1.82) is 0 Å². The summed E-state index contributed by atoms with van der Waals surface area (Å²) < 4.78 is 39.3. The summed E-state index contributed by atoms with van der Waals surface area (Å²) >= 11 is 0. The molecule has 6 nitrogen and oxygen atoms in total. The van der Waals surface area contributed by atoms with Crippen molar-refractivity contribution in [2.45, 2.75) is 45.8 Å². The van der Waals surface area contributed by atoms with Gasteiger partial charge in [0.1, 0.15) is 5.82 Å². The number of likely N-dealkylation sites (N-methyl/N-ethyl adjacent to an activating group) is 1. The molecule has 0 bridgehead atoms. The van der Waals surface area contributed by atoms with E-state index in [4.69, 9.17) is 4.98 Å². The SMILES string of the molecule is CCC1=C(c2cccc(NC(=O)C(F)(F)F)c2)C(c2ccnc(Nc3ccc4c(c3)CN(C)CC4)c2CC)=C2C=CC=CN2C1. The first kappa shape index (κ1) is 30.4. The molecule has 2 N–H and O–H groups in total. The van der Waals surface area contributed by atoms with Crippen molar-refractivity contribution in [2.24, 2.45) is 0 Å². The smallest absolute Gasteiger partial charge is 0.343 e. The van der Waals surface area contributed by atoms with Crippen LogP contribution in [0.5, 0.6) is 0 Å². The molecule has 9 heteroatoms. The first-order chi connectivity index (χ1) is 21.7. The zero-order valence-corrected chi connectivity index (χ0v) is 25.6. The molecule has 0 atom stereocenters. The number of halogens is 3. The molecular weight excluding hydrogens is 575 g/mol. The highest BCUT2D eigenvalue weighted by Crippen LogP contribution is 2.45. The van der Waals surface area contributed by atoms with E-state index in [-0.39, 0.29) is 5.69 Å². The first-order valence-electron chi connectivity index (χ1n) is 15.3. The molecule has 0 saturated carbocycles. The fourth-order valence-corrected chi connectivity index (χ4v) is 6.40. The topological polar surface area (TPSA) is 60.5 Å². The summed E-state index contributed by atoms with van der Waals surface area (Å²) in [5.41, 5.74) is 10.6. The van der Waals surface area contributed by atoms with Crippen molar-refractivity contribution >= 4 is 34.2 Å². The Labute approximate surface area is 261 Å². The minimum Gasteiger partial charge on any atom is -0.343 e. The predicted molar refractivity (Wildman–Crippen MR) is 174 cm³/mol. The fraction of sp³-hybridized carbons (Fsp3) is 0.278. The van der Waals surface area contributed by atoms with Crippen molar-refractivity contribution in [1.82, 2.24) is 14.8 Å². The largest absolute Gasteiger partial charge is 0.471 e. The second-order valence-corrected chi connectivity index (χ2v) is 11.6. The summed E-state index contributed by atoms with van der Waals surface area (Å²) in [7, 11) is 2.14. The Balaban J connectivity index is 1.46. The van der Waals surface area contributed by atoms with Crippen molar-refractivity contribution < 1.29 is 18.0 Å². The Bertz CT molecular complexity index is 1770. The van der Waals surface area contributed by atoms with E-state index in [0.717, 1.165) is 76.5 Å². The molecule has 2 aromatic carbocycles. The van der Waals surface area contributed by atoms with Gasteiger partial charge in [-0.2, -0.15) is 13.2 Å². The molecule has 6 rings (SSSR count). The lowest BCUT2D eigenvalue weighted by molar-refractivity contribution is -0.167. The summed E-state index contributed by atoms with van der Waals surface area (Å²) in [5, 5.41) is 5.62. The van der Waals surface area contributed by atoms with Gasteiger partial charge in [0.15, 0.2) is 0 Å². The van der Waals surface area contributed by atoms with Crippen LogP contribution in [0.1, 0.15) is 48.1 Å². The summed E-state index contributed by atoms with van der Waals surface area (Å²) in [6.45, 7) is 6.79. The number of amides is 1. The molecule has 45 heavy (non-hydrogen) atoms. The van der Waals surface area contributed by atoms with Crippen LogP contribution < -0.4 is 10.6 Å². The number of rotatable bonds is 7. The number of nitrogens with zero attached hydrogens (tertiary/aromatic N) is 3. The molecule has 0 unspecified atom stereocenters. The summed E-state index contributed by atoms with van der Waals surface area (Å²) in [5.74, 6) is -1.23. The van der Waals surface area contributed by atoms with Crippen LogP contribution in [0.15, 0.2) is 90.4 Å². The number of nitrogens with one attached hydrogen (secondary N) is 2. The fourth-order valence-electron chi connectivity index (χ4n) is 6.40. The maximum absolute atomic E-state index is 13.1. The van der Waals surface area contributed by atoms with Gasteiger partial charge < -0.3 is 20.4 Å². The molecule has 4 heterocycles. The second-order valence-electron chi connectivity index (χ2n) is 11.6. The molecule has 3 aliphatic heterocycles. The number of fused-ring (bicyclic) bond motifs is 2. The van der Waals surface area contributed by atoms with Crippen molar-refractivity contribution in [2.75, 3.05) is 30.8 Å². The van der Waals surface area contributed by atoms with E-state index in [1.807, 2.05) is 29.6 Å². The molecule has 0 aliphatic carbocycles. The van der Waals surface area contributed by atoms with Crippen LogP contribution in [0.25, 0.3) is 11.1 Å². The van der Waals surface area contributed by atoms with Crippen molar-refractivity contribution in [3.8, 4) is 0 Å². The average molecular weight is 612 g/mol. The van der Waals surface area contributed by atoms with Crippen LogP contribution in [0.3, 0.4) is 0 Å². The molecule has 1 amide bonds. The van der Waals surface area contributed by atoms with Crippen LogP contribution >= 0.6 is 0 Å². The minimum absolute atomic E-state index is 0.0921. The zero-order chi connectivity index (χ0) is 31.7. The number of alkyl halides is 3. The normalized spacial score (nSPS) is 16.5. The second kappa shape index (κ2) is 12.4. The third-order valence-corrected chi connectivity index (χ3v) is 8.61. The van der Waals surface area contributed by atoms with Crippen LogP contribution in [0, 0.1) is 0 Å². The Hall–Kier alpha value is -4.63. The number of aromatic nitrogens is 1. The van der Waals surface area contributed by atoms with Crippen LogP contribution in [0.4, 0.5) is 30.4 Å². The van der Waals surface area contributed by atoms with Gasteiger partial charge >= 0.3 is 12.1 Å². The van der Waals surface area contributed by atoms with Crippen molar-refractivity contribution in [3.05, 3.63) is 118 Å². The highest BCUT2D eigenvalue weighted by molar-refractivity contribution is 6.10. The summed E-state index contributed by atoms with van der Waals surface area (Å²) in [6.07, 6.45) is 7.42. The average Bonchev–Trinajstić information content (AvgIpc) is 3.03. The van der Waals surface area contributed by atoms with Gasteiger partial charge in [-0.25, -0.2) is 4.98 Å². The standard InChI is InChI=1S/C36H36F3N5O/c1-4-23-22-44-17-7-6-11-31(44)33(32(23)25-9-8-10-27(19-25)42-35(45)36(37,38)39)30-14-16-40-34(29(30)5-2)41-28-13-12-24-15-18-43(3)21-26(24)20-28/h6-14,16-17,19-20H,4-5,15,18,21-22H2,1-3H3,(H,40,41)(H,42,45). The third kappa shape index (κ3) is 6.17. The van der Waals surface area contributed by atoms with E-state index < -0.39 is 12.1 Å². The van der Waals surface area contributed by atoms with E-state index in [1.165, 1.54) is 17.2 Å². The Morgan fingerprint density at radius 2 is 1.80 bits per heavy atom. The molecule has 0 saturated heterocycles. The minimum atomic E-state index is -4.98. The molecule has 232 valence electrons. The molecule has 0 radical (unpaired) electrons. The van der Waals surface area contributed by atoms with Gasteiger partial charge in [0.2, 0.25) is 0 Å². The number of benzene rings is 2. The van der Waals surface area contributed by atoms with Gasteiger partial charge in [0.25, 0.3) is 0 Å². The highest BCUT2D eigenvalue weighted by atomic mass is 19.4. The molecule has 1 aromatic heterocycles. The highest BCUT2D eigenvalue weighted by Gasteiger charge is 2.39. The van der Waals surface area contributed by atoms with Gasteiger partial charge in [-0.3, -0.25) is 4.79 Å². The van der Waals surface area contributed by atoms with Crippen molar-refractivity contribution in [3.63, 3.8) is 0 Å². The number of allylic oxidation sites excluding steroid dienone is 5.